The molecule has 0 atom stereocenters. The summed E-state index contributed by atoms with van der Waals surface area (Å²) in [5.41, 5.74) is 7.90. The highest BCUT2D eigenvalue weighted by atomic mass is 16.5. The predicted octanol–water partition coefficient (Wildman–Crippen LogP) is 3.07. The zero-order chi connectivity index (χ0) is 14.7. The minimum Gasteiger partial charge on any atom is -0.476 e. The second kappa shape index (κ2) is 5.71. The van der Waals surface area contributed by atoms with Crippen molar-refractivity contribution >= 4 is 17.2 Å². The van der Waals surface area contributed by atoms with Crippen LogP contribution in [-0.2, 0) is 0 Å². The van der Waals surface area contributed by atoms with Crippen molar-refractivity contribution < 1.29 is 4.74 Å². The fourth-order valence-corrected chi connectivity index (χ4v) is 1.89. The first-order valence-corrected chi connectivity index (χ1v) is 6.91. The minimum absolute atomic E-state index is 0.473. The molecule has 3 rings (SSSR count). The molecule has 1 fully saturated rings. The number of hydrogen-bond acceptors (Lipinski definition) is 5. The standard InChI is InChI=1S/C16H16N4O/c17-9-11-3-5-13(6-4-11)19-15-8-7-14(18)16(20-15)21-10-12-1-2-12/h3-8,12H,1-2,10,18H2,(H,19,20). The van der Waals surface area contributed by atoms with Crippen molar-refractivity contribution in [2.45, 2.75) is 12.8 Å². The lowest BCUT2D eigenvalue weighted by atomic mass is 10.2. The molecule has 0 unspecified atom stereocenters. The highest BCUT2D eigenvalue weighted by Crippen LogP contribution is 2.31. The minimum atomic E-state index is 0.473. The molecular formula is C16H16N4O. The molecule has 1 saturated carbocycles. The van der Waals surface area contributed by atoms with E-state index in [9.17, 15) is 0 Å². The van der Waals surface area contributed by atoms with Gasteiger partial charge in [-0.15, -0.1) is 0 Å². The van der Waals surface area contributed by atoms with Crippen molar-refractivity contribution in [1.82, 2.24) is 4.98 Å². The smallest absolute Gasteiger partial charge is 0.239 e. The molecule has 0 aliphatic heterocycles. The summed E-state index contributed by atoms with van der Waals surface area (Å²) in [4.78, 5) is 4.39. The molecule has 0 radical (unpaired) electrons. The molecule has 1 aliphatic carbocycles. The van der Waals surface area contributed by atoms with Crippen molar-refractivity contribution in [3.8, 4) is 11.9 Å². The van der Waals surface area contributed by atoms with Gasteiger partial charge in [0.25, 0.3) is 0 Å². The number of nitrogens with one attached hydrogen (secondary N) is 1. The first-order chi connectivity index (χ1) is 10.2. The van der Waals surface area contributed by atoms with Crippen LogP contribution in [0.4, 0.5) is 17.2 Å². The van der Waals surface area contributed by atoms with Crippen LogP contribution < -0.4 is 15.8 Å². The van der Waals surface area contributed by atoms with Crippen LogP contribution in [0.25, 0.3) is 0 Å². The summed E-state index contributed by atoms with van der Waals surface area (Å²) in [7, 11) is 0. The van der Waals surface area contributed by atoms with E-state index >= 15 is 0 Å². The number of nitriles is 1. The molecule has 0 amide bonds. The third kappa shape index (κ3) is 3.42. The van der Waals surface area contributed by atoms with Gasteiger partial charge in [-0.1, -0.05) is 0 Å². The lowest BCUT2D eigenvalue weighted by Gasteiger charge is -2.10. The maximum Gasteiger partial charge on any atom is 0.239 e. The molecule has 3 N–H and O–H groups in total. The van der Waals surface area contributed by atoms with Crippen LogP contribution in [0.15, 0.2) is 36.4 Å². The van der Waals surface area contributed by atoms with E-state index in [2.05, 4.69) is 16.4 Å². The van der Waals surface area contributed by atoms with Gasteiger partial charge in [-0.2, -0.15) is 10.2 Å². The van der Waals surface area contributed by atoms with E-state index in [0.717, 1.165) is 5.69 Å². The van der Waals surface area contributed by atoms with Crippen LogP contribution in [-0.4, -0.2) is 11.6 Å². The monoisotopic (exact) mass is 280 g/mol. The Balaban J connectivity index is 1.71. The molecule has 106 valence electrons. The molecule has 1 aromatic carbocycles. The highest BCUT2D eigenvalue weighted by Gasteiger charge is 2.22. The van der Waals surface area contributed by atoms with E-state index in [0.29, 0.717) is 35.5 Å². The van der Waals surface area contributed by atoms with E-state index in [1.54, 1.807) is 24.3 Å². The molecule has 1 aromatic heterocycles. The summed E-state index contributed by atoms with van der Waals surface area (Å²) in [6, 6.07) is 12.8. The molecule has 1 aliphatic rings. The van der Waals surface area contributed by atoms with Crippen LogP contribution in [0.3, 0.4) is 0 Å². The Morgan fingerprint density at radius 2 is 2.00 bits per heavy atom. The van der Waals surface area contributed by atoms with Crippen molar-refractivity contribution in [3.05, 3.63) is 42.0 Å². The number of benzene rings is 1. The average molecular weight is 280 g/mol. The maximum atomic E-state index is 8.78. The summed E-state index contributed by atoms with van der Waals surface area (Å²) >= 11 is 0. The number of nitrogens with zero attached hydrogens (tertiary/aromatic N) is 2. The van der Waals surface area contributed by atoms with Gasteiger partial charge in [0.1, 0.15) is 5.82 Å². The number of anilines is 3. The Morgan fingerprint density at radius 1 is 1.24 bits per heavy atom. The first-order valence-electron chi connectivity index (χ1n) is 6.91. The Kier molecular flexibility index (Phi) is 3.61. The molecular weight excluding hydrogens is 264 g/mol. The number of nitrogen functional groups attached to an aromatic ring is 1. The predicted molar refractivity (Wildman–Crippen MR) is 81.3 cm³/mol. The van der Waals surface area contributed by atoms with Gasteiger partial charge in [-0.3, -0.25) is 0 Å². The second-order valence-electron chi connectivity index (χ2n) is 5.16. The summed E-state index contributed by atoms with van der Waals surface area (Å²) in [6.07, 6.45) is 2.45. The second-order valence-corrected chi connectivity index (χ2v) is 5.16. The number of hydrogen-bond donors (Lipinski definition) is 2. The Labute approximate surface area is 123 Å². The third-order valence-electron chi connectivity index (χ3n) is 3.33. The normalized spacial score (nSPS) is 13.5. The number of nitrogens with two attached hydrogens (primary N) is 1. The number of rotatable bonds is 5. The maximum absolute atomic E-state index is 8.78. The molecule has 5 heteroatoms. The number of aromatic nitrogens is 1. The Hall–Kier alpha value is -2.74. The van der Waals surface area contributed by atoms with Crippen molar-refractivity contribution in [1.29, 1.82) is 5.26 Å². The Morgan fingerprint density at radius 3 is 2.67 bits per heavy atom. The van der Waals surface area contributed by atoms with Crippen LogP contribution in [0, 0.1) is 17.2 Å². The fourth-order valence-electron chi connectivity index (χ4n) is 1.89. The van der Waals surface area contributed by atoms with Gasteiger partial charge in [0.2, 0.25) is 5.88 Å². The average Bonchev–Trinajstić information content (AvgIpc) is 3.33. The summed E-state index contributed by atoms with van der Waals surface area (Å²) in [6.45, 7) is 0.678. The van der Waals surface area contributed by atoms with Crippen molar-refractivity contribution in [2.24, 2.45) is 5.92 Å². The third-order valence-corrected chi connectivity index (χ3v) is 3.33. The lowest BCUT2D eigenvalue weighted by molar-refractivity contribution is 0.290. The quantitative estimate of drug-likeness (QED) is 0.879. The van der Waals surface area contributed by atoms with Crippen LogP contribution in [0.1, 0.15) is 18.4 Å². The van der Waals surface area contributed by atoms with Crippen LogP contribution in [0.5, 0.6) is 5.88 Å². The van der Waals surface area contributed by atoms with Gasteiger partial charge < -0.3 is 15.8 Å². The van der Waals surface area contributed by atoms with Crippen molar-refractivity contribution in [3.63, 3.8) is 0 Å². The molecule has 5 nitrogen and oxygen atoms in total. The highest BCUT2D eigenvalue weighted by molar-refractivity contribution is 5.61. The van der Waals surface area contributed by atoms with E-state index in [4.69, 9.17) is 15.7 Å². The molecule has 1 heterocycles. The first kappa shape index (κ1) is 13.3. The van der Waals surface area contributed by atoms with Crippen LogP contribution >= 0.6 is 0 Å². The van der Waals surface area contributed by atoms with E-state index < -0.39 is 0 Å². The van der Waals surface area contributed by atoms with Gasteiger partial charge in [0, 0.05) is 5.69 Å². The van der Waals surface area contributed by atoms with Crippen molar-refractivity contribution in [2.75, 3.05) is 17.7 Å². The zero-order valence-electron chi connectivity index (χ0n) is 11.5. The molecule has 21 heavy (non-hydrogen) atoms. The van der Waals surface area contributed by atoms with Gasteiger partial charge in [-0.05, 0) is 55.2 Å². The molecule has 0 saturated heterocycles. The zero-order valence-corrected chi connectivity index (χ0v) is 11.5. The summed E-state index contributed by atoms with van der Waals surface area (Å²) in [5, 5.41) is 12.0. The van der Waals surface area contributed by atoms with Gasteiger partial charge in [-0.25, -0.2) is 0 Å². The summed E-state index contributed by atoms with van der Waals surface area (Å²) in [5.74, 6) is 1.79. The van der Waals surface area contributed by atoms with E-state index in [1.807, 2.05) is 12.1 Å². The van der Waals surface area contributed by atoms with E-state index in [-0.39, 0.29) is 0 Å². The largest absolute Gasteiger partial charge is 0.476 e. The topological polar surface area (TPSA) is 84.0 Å². The molecule has 0 spiro atoms. The van der Waals surface area contributed by atoms with Crippen LogP contribution in [0.2, 0.25) is 0 Å². The number of pyridine rings is 1. The molecule has 0 bridgehead atoms. The molecule has 2 aromatic rings. The van der Waals surface area contributed by atoms with Gasteiger partial charge in [0.15, 0.2) is 0 Å². The van der Waals surface area contributed by atoms with Gasteiger partial charge >= 0.3 is 0 Å². The fraction of sp³-hybridized carbons (Fsp3) is 0.250. The SMILES string of the molecule is N#Cc1ccc(Nc2ccc(N)c(OCC3CC3)n2)cc1. The lowest BCUT2D eigenvalue weighted by Crippen LogP contribution is -2.05. The van der Waals surface area contributed by atoms with E-state index in [1.165, 1.54) is 12.8 Å². The summed E-state index contributed by atoms with van der Waals surface area (Å²) < 4.78 is 5.66. The number of ether oxygens (including phenoxy) is 1. The Bertz CT molecular complexity index is 672. The van der Waals surface area contributed by atoms with Gasteiger partial charge in [0.05, 0.1) is 23.9 Å².